The summed E-state index contributed by atoms with van der Waals surface area (Å²) in [4.78, 5) is 27.1. The summed E-state index contributed by atoms with van der Waals surface area (Å²) in [6.07, 6.45) is 1.38. The van der Waals surface area contributed by atoms with Crippen molar-refractivity contribution < 1.29 is 19.1 Å². The van der Waals surface area contributed by atoms with Crippen molar-refractivity contribution in [1.29, 1.82) is 0 Å². The molecule has 2 saturated heterocycles. The molecular weight excluding hydrogens is 368 g/mol. The van der Waals surface area contributed by atoms with Crippen molar-refractivity contribution in [2.24, 2.45) is 0 Å². The van der Waals surface area contributed by atoms with Crippen molar-refractivity contribution in [2.75, 3.05) is 31.6 Å². The average Bonchev–Trinajstić information content (AvgIpc) is 3.19. The summed E-state index contributed by atoms with van der Waals surface area (Å²) < 4.78 is 11.4. The first-order chi connectivity index (χ1) is 14.0. The largest absolute Gasteiger partial charge is 0.347 e. The van der Waals surface area contributed by atoms with Gasteiger partial charge in [-0.2, -0.15) is 0 Å². The topological polar surface area (TPSA) is 67.9 Å². The van der Waals surface area contributed by atoms with E-state index in [0.29, 0.717) is 50.3 Å². The second-order valence-corrected chi connectivity index (χ2v) is 7.73. The molecule has 152 valence electrons. The molecule has 0 atom stereocenters. The number of nitrogens with one attached hydrogen (secondary N) is 1. The van der Waals surface area contributed by atoms with Crippen LogP contribution in [0.5, 0.6) is 0 Å². The number of hydrogen-bond donors (Lipinski definition) is 1. The Bertz CT molecular complexity index is 907. The first-order valence-electron chi connectivity index (χ1n) is 10.0. The number of aryl methyl sites for hydroxylation is 2. The number of benzene rings is 2. The maximum Gasteiger partial charge on any atom is 0.255 e. The van der Waals surface area contributed by atoms with E-state index in [4.69, 9.17) is 9.47 Å². The number of rotatable bonds is 3. The van der Waals surface area contributed by atoms with Gasteiger partial charge in [0.15, 0.2) is 5.79 Å². The van der Waals surface area contributed by atoms with Crippen LogP contribution in [0.2, 0.25) is 0 Å². The molecule has 2 fully saturated rings. The Hall–Kier alpha value is -2.70. The lowest BCUT2D eigenvalue weighted by molar-refractivity contribution is -0.181. The van der Waals surface area contributed by atoms with Gasteiger partial charge in [0.05, 0.1) is 13.2 Å². The fraction of sp³-hybridized carbons (Fsp3) is 0.391. The van der Waals surface area contributed by atoms with Crippen molar-refractivity contribution in [3.63, 3.8) is 0 Å². The van der Waals surface area contributed by atoms with Gasteiger partial charge in [-0.25, -0.2) is 0 Å². The maximum atomic E-state index is 12.8. The first kappa shape index (κ1) is 19.6. The summed E-state index contributed by atoms with van der Waals surface area (Å²) in [5.41, 5.74) is 4.17. The first-order valence-corrected chi connectivity index (χ1v) is 10.0. The Balaban J connectivity index is 1.37. The summed E-state index contributed by atoms with van der Waals surface area (Å²) in [5.74, 6) is -0.714. The molecule has 2 aromatic carbocycles. The van der Waals surface area contributed by atoms with Crippen LogP contribution in [-0.4, -0.2) is 48.8 Å². The number of anilines is 1. The molecule has 2 amide bonds. The van der Waals surface area contributed by atoms with Gasteiger partial charge in [-0.15, -0.1) is 0 Å². The van der Waals surface area contributed by atoms with Crippen molar-refractivity contribution in [3.05, 3.63) is 64.7 Å². The number of carbonyl (C=O) groups is 2. The van der Waals surface area contributed by atoms with Crippen LogP contribution in [-0.2, 0) is 9.47 Å². The van der Waals surface area contributed by atoms with Crippen molar-refractivity contribution in [2.45, 2.75) is 32.5 Å². The molecule has 0 aromatic heterocycles. The summed E-state index contributed by atoms with van der Waals surface area (Å²) in [7, 11) is 0. The van der Waals surface area contributed by atoms with E-state index in [9.17, 15) is 9.59 Å². The zero-order chi connectivity index (χ0) is 20.4. The molecule has 0 aliphatic carbocycles. The molecule has 6 heteroatoms. The number of nitrogens with zero attached hydrogens (tertiary/aromatic N) is 1. The highest BCUT2D eigenvalue weighted by atomic mass is 16.7. The summed E-state index contributed by atoms with van der Waals surface area (Å²) >= 11 is 0. The summed E-state index contributed by atoms with van der Waals surface area (Å²) in [5, 5.41) is 2.90. The Morgan fingerprint density at radius 2 is 1.52 bits per heavy atom. The lowest BCUT2D eigenvalue weighted by atomic mass is 10.0. The molecule has 0 saturated carbocycles. The molecular formula is C23H26N2O4. The lowest BCUT2D eigenvalue weighted by Gasteiger charge is -2.37. The van der Waals surface area contributed by atoms with Gasteiger partial charge >= 0.3 is 0 Å². The van der Waals surface area contributed by atoms with Crippen LogP contribution in [0.3, 0.4) is 0 Å². The van der Waals surface area contributed by atoms with E-state index in [1.165, 1.54) is 5.56 Å². The lowest BCUT2D eigenvalue weighted by Crippen LogP contribution is -2.47. The minimum absolute atomic E-state index is 0.0287. The third-order valence-corrected chi connectivity index (χ3v) is 5.78. The second kappa shape index (κ2) is 7.97. The fourth-order valence-electron chi connectivity index (χ4n) is 3.81. The molecule has 0 bridgehead atoms. The molecule has 1 N–H and O–H groups in total. The highest BCUT2D eigenvalue weighted by molar-refractivity contribution is 6.05. The SMILES string of the molecule is Cc1ccc(NC(=O)c2ccc(C(=O)N3CCC4(CC3)OCCO4)cc2)cc1C. The number of amides is 2. The van der Waals surface area contributed by atoms with Gasteiger partial charge in [0, 0.05) is 42.7 Å². The second-order valence-electron chi connectivity index (χ2n) is 7.73. The normalized spacial score (nSPS) is 18.1. The molecule has 2 aliphatic heterocycles. The van der Waals surface area contributed by atoms with Gasteiger partial charge in [-0.1, -0.05) is 6.07 Å². The molecule has 29 heavy (non-hydrogen) atoms. The molecule has 2 aliphatic rings. The maximum absolute atomic E-state index is 12.8. The molecule has 1 spiro atoms. The molecule has 2 heterocycles. The monoisotopic (exact) mass is 394 g/mol. The van der Waals surface area contributed by atoms with Crippen LogP contribution >= 0.6 is 0 Å². The Morgan fingerprint density at radius 3 is 2.14 bits per heavy atom. The Kier molecular flexibility index (Phi) is 5.39. The van der Waals surface area contributed by atoms with Crippen LogP contribution < -0.4 is 5.32 Å². The standard InChI is InChI=1S/C23H26N2O4/c1-16-3-8-20(15-17(16)2)24-21(26)18-4-6-19(7-5-18)22(27)25-11-9-23(10-12-25)28-13-14-29-23/h3-8,15H,9-14H2,1-2H3,(H,24,26). The van der Waals surface area contributed by atoms with Gasteiger partial charge in [-0.05, 0) is 61.4 Å². The highest BCUT2D eigenvalue weighted by Crippen LogP contribution is 2.31. The van der Waals surface area contributed by atoms with E-state index in [0.717, 1.165) is 11.3 Å². The van der Waals surface area contributed by atoms with Gasteiger partial charge in [0.25, 0.3) is 11.8 Å². The minimum atomic E-state index is -0.493. The van der Waals surface area contributed by atoms with Crippen molar-refractivity contribution in [3.8, 4) is 0 Å². The molecule has 0 unspecified atom stereocenters. The molecule has 2 aromatic rings. The fourth-order valence-corrected chi connectivity index (χ4v) is 3.81. The third kappa shape index (κ3) is 4.18. The van der Waals surface area contributed by atoms with Crippen molar-refractivity contribution in [1.82, 2.24) is 4.90 Å². The van der Waals surface area contributed by atoms with E-state index in [-0.39, 0.29) is 11.8 Å². The molecule has 6 nitrogen and oxygen atoms in total. The van der Waals surface area contributed by atoms with Gasteiger partial charge < -0.3 is 19.7 Å². The van der Waals surface area contributed by atoms with E-state index >= 15 is 0 Å². The Labute approximate surface area is 170 Å². The van der Waals surface area contributed by atoms with Crippen LogP contribution in [0.4, 0.5) is 5.69 Å². The van der Waals surface area contributed by atoms with E-state index < -0.39 is 5.79 Å². The smallest absolute Gasteiger partial charge is 0.255 e. The predicted molar refractivity (Wildman–Crippen MR) is 110 cm³/mol. The summed E-state index contributed by atoms with van der Waals surface area (Å²) in [6.45, 7) is 6.51. The van der Waals surface area contributed by atoms with Gasteiger partial charge in [-0.3, -0.25) is 9.59 Å². The summed E-state index contributed by atoms with van der Waals surface area (Å²) in [6, 6.07) is 12.6. The zero-order valence-electron chi connectivity index (χ0n) is 16.9. The number of hydrogen-bond acceptors (Lipinski definition) is 4. The van der Waals surface area contributed by atoms with Crippen LogP contribution in [0.1, 0.15) is 44.7 Å². The predicted octanol–water partition coefficient (Wildman–Crippen LogP) is 3.53. The number of ether oxygens (including phenoxy) is 2. The van der Waals surface area contributed by atoms with Crippen LogP contribution in [0.15, 0.2) is 42.5 Å². The van der Waals surface area contributed by atoms with Crippen molar-refractivity contribution >= 4 is 17.5 Å². The van der Waals surface area contributed by atoms with E-state index in [1.54, 1.807) is 24.3 Å². The average molecular weight is 394 g/mol. The minimum Gasteiger partial charge on any atom is -0.347 e. The Morgan fingerprint density at radius 1 is 0.897 bits per heavy atom. The molecule has 0 radical (unpaired) electrons. The highest BCUT2D eigenvalue weighted by Gasteiger charge is 2.40. The molecule has 4 rings (SSSR count). The van der Waals surface area contributed by atoms with E-state index in [2.05, 4.69) is 5.32 Å². The number of piperidine rings is 1. The number of carbonyl (C=O) groups excluding carboxylic acids is 2. The van der Waals surface area contributed by atoms with E-state index in [1.807, 2.05) is 36.9 Å². The zero-order valence-corrected chi connectivity index (χ0v) is 16.9. The number of likely N-dealkylation sites (tertiary alicyclic amines) is 1. The van der Waals surface area contributed by atoms with Crippen LogP contribution in [0.25, 0.3) is 0 Å². The van der Waals surface area contributed by atoms with Gasteiger partial charge in [0.2, 0.25) is 0 Å². The third-order valence-electron chi connectivity index (χ3n) is 5.78. The van der Waals surface area contributed by atoms with Crippen LogP contribution in [0, 0.1) is 13.8 Å². The van der Waals surface area contributed by atoms with Gasteiger partial charge in [0.1, 0.15) is 0 Å². The quantitative estimate of drug-likeness (QED) is 0.865.